The number of nitrogens with zero attached hydrogens (tertiary/aromatic N) is 2. The van der Waals surface area contributed by atoms with Gasteiger partial charge in [0.2, 0.25) is 0 Å². The number of benzene rings is 1. The van der Waals surface area contributed by atoms with Gasteiger partial charge in [-0.3, -0.25) is 4.90 Å². The van der Waals surface area contributed by atoms with E-state index in [9.17, 15) is 5.11 Å². The first-order valence-corrected chi connectivity index (χ1v) is 7.36. The molecule has 2 rings (SSSR count). The third-order valence-electron chi connectivity index (χ3n) is 4.07. The van der Waals surface area contributed by atoms with Crippen molar-refractivity contribution in [3.8, 4) is 5.75 Å². The van der Waals surface area contributed by atoms with Gasteiger partial charge in [-0.05, 0) is 58.1 Å². The molecule has 1 N–H and O–H groups in total. The second-order valence-corrected chi connectivity index (χ2v) is 5.84. The monoisotopic (exact) mass is 282 g/mol. The smallest absolute Gasteiger partial charge is 0.120 e. The molecule has 1 saturated heterocycles. The van der Waals surface area contributed by atoms with Gasteiger partial charge in [-0.1, -0.05) is 11.6 Å². The molecule has 1 aliphatic heterocycles. The first-order valence-electron chi connectivity index (χ1n) is 6.99. The Balaban J connectivity index is 1.93. The van der Waals surface area contributed by atoms with Gasteiger partial charge in [-0.15, -0.1) is 0 Å². The lowest BCUT2D eigenvalue weighted by Gasteiger charge is -2.27. The summed E-state index contributed by atoms with van der Waals surface area (Å²) < 4.78 is 0. The van der Waals surface area contributed by atoms with Crippen LogP contribution in [0.5, 0.6) is 5.75 Å². The van der Waals surface area contributed by atoms with E-state index in [0.29, 0.717) is 10.8 Å². The highest BCUT2D eigenvalue weighted by atomic mass is 35.5. The summed E-state index contributed by atoms with van der Waals surface area (Å²) in [6.07, 6.45) is 2.66. The minimum Gasteiger partial charge on any atom is -0.508 e. The molecule has 0 bridgehead atoms. The molecule has 0 amide bonds. The third kappa shape index (κ3) is 3.85. The molecule has 0 saturated carbocycles. The lowest BCUT2D eigenvalue weighted by Crippen LogP contribution is -2.33. The fourth-order valence-corrected chi connectivity index (χ4v) is 2.78. The second kappa shape index (κ2) is 6.60. The molecule has 1 aromatic rings. The normalized spacial score (nSPS) is 18.1. The van der Waals surface area contributed by atoms with Crippen molar-refractivity contribution in [1.29, 1.82) is 0 Å². The highest BCUT2D eigenvalue weighted by molar-refractivity contribution is 6.30. The molecule has 1 aliphatic rings. The van der Waals surface area contributed by atoms with Crippen LogP contribution in [0, 0.1) is 0 Å². The van der Waals surface area contributed by atoms with E-state index in [1.54, 1.807) is 12.1 Å². The zero-order valence-electron chi connectivity index (χ0n) is 11.8. The highest BCUT2D eigenvalue weighted by Crippen LogP contribution is 2.30. The minimum atomic E-state index is 0.168. The van der Waals surface area contributed by atoms with Crippen molar-refractivity contribution in [3.05, 3.63) is 28.8 Å². The predicted molar refractivity (Wildman–Crippen MR) is 79.8 cm³/mol. The van der Waals surface area contributed by atoms with E-state index in [2.05, 4.69) is 23.8 Å². The van der Waals surface area contributed by atoms with Gasteiger partial charge in [0.25, 0.3) is 0 Å². The first kappa shape index (κ1) is 14.6. The predicted octanol–water partition coefficient (Wildman–Crippen LogP) is 3.13. The SMILES string of the molecule is CC(c1cc(Cl)ccc1O)N(C)CCN1CCCC1. The Morgan fingerprint density at radius 3 is 2.74 bits per heavy atom. The van der Waals surface area contributed by atoms with Crippen LogP contribution in [0.4, 0.5) is 0 Å². The topological polar surface area (TPSA) is 26.7 Å². The molecule has 4 heteroatoms. The van der Waals surface area contributed by atoms with Crippen LogP contribution in [0.2, 0.25) is 5.02 Å². The molecule has 19 heavy (non-hydrogen) atoms. The number of aromatic hydroxyl groups is 1. The molecule has 1 atom stereocenters. The largest absolute Gasteiger partial charge is 0.508 e. The Hall–Kier alpha value is -0.770. The second-order valence-electron chi connectivity index (χ2n) is 5.41. The van der Waals surface area contributed by atoms with Crippen molar-refractivity contribution in [2.75, 3.05) is 33.2 Å². The summed E-state index contributed by atoms with van der Waals surface area (Å²) in [5.74, 6) is 0.324. The van der Waals surface area contributed by atoms with Gasteiger partial charge in [0, 0.05) is 29.7 Å². The maximum atomic E-state index is 9.94. The van der Waals surface area contributed by atoms with Crippen LogP contribution >= 0.6 is 11.6 Å². The van der Waals surface area contributed by atoms with E-state index >= 15 is 0 Å². The molecule has 1 aromatic carbocycles. The zero-order valence-corrected chi connectivity index (χ0v) is 12.5. The van der Waals surface area contributed by atoms with Crippen molar-refractivity contribution in [1.82, 2.24) is 9.80 Å². The van der Waals surface area contributed by atoms with Crippen molar-refractivity contribution in [2.45, 2.75) is 25.8 Å². The van der Waals surface area contributed by atoms with Gasteiger partial charge >= 0.3 is 0 Å². The summed E-state index contributed by atoms with van der Waals surface area (Å²) in [5, 5.41) is 10.6. The molecular weight excluding hydrogens is 260 g/mol. The summed E-state index contributed by atoms with van der Waals surface area (Å²) in [7, 11) is 2.10. The summed E-state index contributed by atoms with van der Waals surface area (Å²) in [6, 6.07) is 5.41. The number of rotatable bonds is 5. The average Bonchev–Trinajstić information content (AvgIpc) is 2.91. The number of halogens is 1. The van der Waals surface area contributed by atoms with Crippen LogP contribution in [-0.4, -0.2) is 48.1 Å². The number of hydrogen-bond donors (Lipinski definition) is 1. The molecule has 0 aliphatic carbocycles. The molecule has 0 radical (unpaired) electrons. The standard InChI is InChI=1S/C15H23ClN2O/c1-12(14-11-13(16)5-6-15(14)19)17(2)9-10-18-7-3-4-8-18/h5-6,11-12,19H,3-4,7-10H2,1-2H3. The summed E-state index contributed by atoms with van der Waals surface area (Å²) in [6.45, 7) is 6.67. The zero-order chi connectivity index (χ0) is 13.8. The Labute approximate surface area is 120 Å². The number of hydrogen-bond acceptors (Lipinski definition) is 3. The fraction of sp³-hybridized carbons (Fsp3) is 0.600. The molecule has 0 aromatic heterocycles. The van der Waals surface area contributed by atoms with E-state index in [1.165, 1.54) is 25.9 Å². The van der Waals surface area contributed by atoms with Crippen molar-refractivity contribution in [2.24, 2.45) is 0 Å². The minimum absolute atomic E-state index is 0.168. The molecule has 106 valence electrons. The quantitative estimate of drug-likeness (QED) is 0.899. The van der Waals surface area contributed by atoms with Crippen LogP contribution in [0.3, 0.4) is 0 Å². The highest BCUT2D eigenvalue weighted by Gasteiger charge is 2.17. The number of phenols is 1. The van der Waals surface area contributed by atoms with Gasteiger partial charge in [-0.25, -0.2) is 0 Å². The Bertz CT molecular complexity index is 419. The molecule has 0 spiro atoms. The summed E-state index contributed by atoms with van der Waals surface area (Å²) in [4.78, 5) is 4.77. The van der Waals surface area contributed by atoms with Crippen LogP contribution in [0.15, 0.2) is 18.2 Å². The maximum Gasteiger partial charge on any atom is 0.120 e. The number of likely N-dealkylation sites (tertiary alicyclic amines) is 1. The molecule has 1 unspecified atom stereocenters. The Morgan fingerprint density at radius 1 is 1.37 bits per heavy atom. The average molecular weight is 283 g/mol. The van der Waals surface area contributed by atoms with E-state index in [1.807, 2.05) is 6.07 Å². The van der Waals surface area contributed by atoms with Gasteiger partial charge < -0.3 is 10.0 Å². The van der Waals surface area contributed by atoms with Crippen LogP contribution in [0.25, 0.3) is 0 Å². The molecule has 1 fully saturated rings. The number of likely N-dealkylation sites (N-methyl/N-ethyl adjacent to an activating group) is 1. The van der Waals surface area contributed by atoms with E-state index < -0.39 is 0 Å². The van der Waals surface area contributed by atoms with Gasteiger partial charge in [0.1, 0.15) is 5.75 Å². The first-order chi connectivity index (χ1) is 9.08. The van der Waals surface area contributed by atoms with Crippen molar-refractivity contribution < 1.29 is 5.11 Å². The summed E-state index contributed by atoms with van der Waals surface area (Å²) in [5.41, 5.74) is 0.899. The van der Waals surface area contributed by atoms with Crippen molar-refractivity contribution >= 4 is 11.6 Å². The lowest BCUT2D eigenvalue weighted by atomic mass is 10.1. The summed E-state index contributed by atoms with van der Waals surface area (Å²) >= 11 is 6.01. The van der Waals surface area contributed by atoms with E-state index in [-0.39, 0.29) is 6.04 Å². The maximum absolute atomic E-state index is 9.94. The van der Waals surface area contributed by atoms with Crippen molar-refractivity contribution in [3.63, 3.8) is 0 Å². The van der Waals surface area contributed by atoms with Gasteiger partial charge in [0.15, 0.2) is 0 Å². The fourth-order valence-electron chi connectivity index (χ4n) is 2.60. The van der Waals surface area contributed by atoms with Gasteiger partial charge in [-0.2, -0.15) is 0 Å². The molecular formula is C15H23ClN2O. The van der Waals surface area contributed by atoms with Crippen LogP contribution < -0.4 is 0 Å². The number of phenolic OH excluding ortho intramolecular Hbond substituents is 1. The molecule has 1 heterocycles. The van der Waals surface area contributed by atoms with Crippen LogP contribution in [0.1, 0.15) is 31.4 Å². The van der Waals surface area contributed by atoms with Gasteiger partial charge in [0.05, 0.1) is 0 Å². The van der Waals surface area contributed by atoms with Crippen LogP contribution in [-0.2, 0) is 0 Å². The van der Waals surface area contributed by atoms with E-state index in [4.69, 9.17) is 11.6 Å². The Kier molecular flexibility index (Phi) is 5.08. The third-order valence-corrected chi connectivity index (χ3v) is 4.30. The molecule has 3 nitrogen and oxygen atoms in total. The van der Waals surface area contributed by atoms with E-state index in [0.717, 1.165) is 18.7 Å². The lowest BCUT2D eigenvalue weighted by molar-refractivity contribution is 0.214. The Morgan fingerprint density at radius 2 is 2.05 bits per heavy atom.